The van der Waals surface area contributed by atoms with E-state index in [0.29, 0.717) is 6.04 Å². The first-order chi connectivity index (χ1) is 8.66. The molecule has 1 fully saturated rings. The van der Waals surface area contributed by atoms with Crippen LogP contribution in [0.4, 0.5) is 0 Å². The number of hydrogen-bond donors (Lipinski definition) is 1. The van der Waals surface area contributed by atoms with Gasteiger partial charge in [0.15, 0.2) is 0 Å². The Labute approximate surface area is 119 Å². The minimum absolute atomic E-state index is 0.551. The van der Waals surface area contributed by atoms with Gasteiger partial charge in [0.1, 0.15) is 0 Å². The highest BCUT2D eigenvalue weighted by molar-refractivity contribution is 9.10. The van der Waals surface area contributed by atoms with E-state index >= 15 is 0 Å². The van der Waals surface area contributed by atoms with Crippen molar-refractivity contribution in [2.45, 2.75) is 39.3 Å². The van der Waals surface area contributed by atoms with E-state index in [1.807, 2.05) is 0 Å². The largest absolute Gasteiger partial charge is 0.309 e. The van der Waals surface area contributed by atoms with Crippen molar-refractivity contribution in [2.24, 2.45) is 0 Å². The zero-order valence-corrected chi connectivity index (χ0v) is 13.0. The van der Waals surface area contributed by atoms with Crippen LogP contribution < -0.4 is 5.32 Å². The van der Waals surface area contributed by atoms with Crippen molar-refractivity contribution in [3.63, 3.8) is 0 Å². The second-order valence-electron chi connectivity index (χ2n) is 5.34. The second kappa shape index (κ2) is 6.69. The number of rotatable bonds is 5. The van der Waals surface area contributed by atoms with Crippen molar-refractivity contribution in [2.75, 3.05) is 19.6 Å². The molecule has 1 unspecified atom stereocenters. The molecular formula is C15H23BrN2. The van der Waals surface area contributed by atoms with Gasteiger partial charge in [-0.05, 0) is 50.9 Å². The summed E-state index contributed by atoms with van der Waals surface area (Å²) in [6, 6.07) is 7.01. The normalized spacial score (nSPS) is 18.2. The van der Waals surface area contributed by atoms with Gasteiger partial charge in [-0.15, -0.1) is 0 Å². The molecule has 1 atom stereocenters. The van der Waals surface area contributed by atoms with E-state index in [-0.39, 0.29) is 0 Å². The number of aryl methyl sites for hydroxylation is 1. The van der Waals surface area contributed by atoms with E-state index < -0.39 is 0 Å². The molecule has 1 saturated heterocycles. The molecule has 18 heavy (non-hydrogen) atoms. The van der Waals surface area contributed by atoms with E-state index in [2.05, 4.69) is 58.2 Å². The summed E-state index contributed by atoms with van der Waals surface area (Å²) >= 11 is 3.67. The Hall–Kier alpha value is -0.380. The maximum atomic E-state index is 3.67. The third-order valence-electron chi connectivity index (χ3n) is 3.64. The van der Waals surface area contributed by atoms with Crippen LogP contribution in [0.3, 0.4) is 0 Å². The van der Waals surface area contributed by atoms with Crippen LogP contribution in [-0.4, -0.2) is 30.6 Å². The molecule has 0 saturated carbocycles. The molecule has 3 heteroatoms. The average Bonchev–Trinajstić information content (AvgIpc) is 2.84. The van der Waals surface area contributed by atoms with Crippen LogP contribution in [0.1, 0.15) is 30.9 Å². The Balaban J connectivity index is 1.81. The highest BCUT2D eigenvalue weighted by Crippen LogP contribution is 2.20. The smallest absolute Gasteiger partial charge is 0.0249 e. The van der Waals surface area contributed by atoms with Gasteiger partial charge < -0.3 is 10.2 Å². The summed E-state index contributed by atoms with van der Waals surface area (Å²) in [5, 5.41) is 3.62. The number of halogens is 1. The van der Waals surface area contributed by atoms with Gasteiger partial charge in [-0.3, -0.25) is 0 Å². The van der Waals surface area contributed by atoms with Crippen molar-refractivity contribution in [1.82, 2.24) is 10.2 Å². The van der Waals surface area contributed by atoms with E-state index in [0.717, 1.165) is 6.54 Å². The molecule has 100 valence electrons. The van der Waals surface area contributed by atoms with Crippen molar-refractivity contribution in [3.8, 4) is 0 Å². The van der Waals surface area contributed by atoms with Crippen LogP contribution in [0.25, 0.3) is 0 Å². The third kappa shape index (κ3) is 3.81. The fraction of sp³-hybridized carbons (Fsp3) is 0.600. The summed E-state index contributed by atoms with van der Waals surface area (Å²) in [5.41, 5.74) is 2.66. The Morgan fingerprint density at radius 1 is 1.33 bits per heavy atom. The molecule has 1 aliphatic heterocycles. The quantitative estimate of drug-likeness (QED) is 0.897. The maximum absolute atomic E-state index is 3.67. The van der Waals surface area contributed by atoms with Crippen LogP contribution in [0.5, 0.6) is 0 Å². The van der Waals surface area contributed by atoms with Gasteiger partial charge >= 0.3 is 0 Å². The van der Waals surface area contributed by atoms with Crippen molar-refractivity contribution in [3.05, 3.63) is 33.8 Å². The topological polar surface area (TPSA) is 15.3 Å². The predicted octanol–water partition coefficient (Wildman–Crippen LogP) is 3.33. The first-order valence-electron chi connectivity index (χ1n) is 6.86. The Morgan fingerprint density at radius 3 is 2.78 bits per heavy atom. The van der Waals surface area contributed by atoms with Crippen LogP contribution in [-0.2, 0) is 6.54 Å². The summed E-state index contributed by atoms with van der Waals surface area (Å²) in [7, 11) is 0. The molecule has 0 amide bonds. The van der Waals surface area contributed by atoms with Gasteiger partial charge in [0, 0.05) is 23.6 Å². The Kier molecular flexibility index (Phi) is 5.22. The average molecular weight is 311 g/mol. The van der Waals surface area contributed by atoms with Crippen molar-refractivity contribution < 1.29 is 0 Å². The van der Waals surface area contributed by atoms with Crippen LogP contribution in [0.2, 0.25) is 0 Å². The number of benzene rings is 1. The molecule has 0 aromatic heterocycles. The number of hydrogen-bond acceptors (Lipinski definition) is 2. The number of nitrogens with one attached hydrogen (secondary N) is 1. The van der Waals surface area contributed by atoms with Crippen LogP contribution in [0.15, 0.2) is 22.7 Å². The zero-order chi connectivity index (χ0) is 13.0. The first kappa shape index (κ1) is 14.0. The third-order valence-corrected chi connectivity index (χ3v) is 4.78. The van der Waals surface area contributed by atoms with E-state index in [1.54, 1.807) is 0 Å². The molecule has 1 heterocycles. The molecule has 1 aromatic carbocycles. The molecule has 1 aliphatic rings. The van der Waals surface area contributed by atoms with Crippen LogP contribution >= 0.6 is 15.9 Å². The van der Waals surface area contributed by atoms with Gasteiger partial charge in [0.2, 0.25) is 0 Å². The first-order valence-corrected chi connectivity index (χ1v) is 7.66. The molecule has 0 aliphatic carbocycles. The van der Waals surface area contributed by atoms with Crippen molar-refractivity contribution in [1.29, 1.82) is 0 Å². The summed E-state index contributed by atoms with van der Waals surface area (Å²) in [6.07, 6.45) is 2.74. The summed E-state index contributed by atoms with van der Waals surface area (Å²) < 4.78 is 1.24. The molecule has 0 bridgehead atoms. The van der Waals surface area contributed by atoms with E-state index in [4.69, 9.17) is 0 Å². The lowest BCUT2D eigenvalue weighted by Gasteiger charge is -2.21. The second-order valence-corrected chi connectivity index (χ2v) is 6.13. The van der Waals surface area contributed by atoms with Crippen LogP contribution in [0, 0.1) is 6.92 Å². The lowest BCUT2D eigenvalue weighted by molar-refractivity contribution is 0.298. The fourth-order valence-corrected chi connectivity index (χ4v) is 2.95. The molecule has 0 spiro atoms. The maximum Gasteiger partial charge on any atom is 0.0249 e. The van der Waals surface area contributed by atoms with Gasteiger partial charge in [0.25, 0.3) is 0 Å². The van der Waals surface area contributed by atoms with Gasteiger partial charge in [0.05, 0.1) is 0 Å². The summed E-state index contributed by atoms with van der Waals surface area (Å²) in [6.45, 7) is 9.09. The lowest BCUT2D eigenvalue weighted by atomic mass is 10.1. The summed E-state index contributed by atoms with van der Waals surface area (Å²) in [5.74, 6) is 0. The number of likely N-dealkylation sites (tertiary alicyclic amines) is 1. The zero-order valence-electron chi connectivity index (χ0n) is 11.4. The Bertz CT molecular complexity index is 386. The lowest BCUT2D eigenvalue weighted by Crippen LogP contribution is -2.37. The number of nitrogens with zero attached hydrogens (tertiary/aromatic N) is 1. The van der Waals surface area contributed by atoms with E-state index in [9.17, 15) is 0 Å². The van der Waals surface area contributed by atoms with Gasteiger partial charge in [-0.25, -0.2) is 0 Å². The molecule has 1 aromatic rings. The van der Waals surface area contributed by atoms with E-state index in [1.165, 1.54) is 48.1 Å². The minimum Gasteiger partial charge on any atom is -0.309 e. The molecular weight excluding hydrogens is 288 g/mol. The van der Waals surface area contributed by atoms with Gasteiger partial charge in [-0.1, -0.05) is 34.1 Å². The molecule has 2 nitrogen and oxygen atoms in total. The molecule has 1 N–H and O–H groups in total. The minimum atomic E-state index is 0.551. The summed E-state index contributed by atoms with van der Waals surface area (Å²) in [4.78, 5) is 2.56. The molecule has 2 rings (SSSR count). The highest BCUT2D eigenvalue weighted by Gasteiger charge is 2.14. The predicted molar refractivity (Wildman–Crippen MR) is 80.9 cm³/mol. The van der Waals surface area contributed by atoms with Gasteiger partial charge in [-0.2, -0.15) is 0 Å². The Morgan fingerprint density at radius 2 is 2.06 bits per heavy atom. The fourth-order valence-electron chi connectivity index (χ4n) is 2.55. The monoisotopic (exact) mass is 310 g/mol. The SMILES string of the molecule is Cc1cccc(CNC(C)CN2CCCC2)c1Br. The van der Waals surface area contributed by atoms with Crippen molar-refractivity contribution >= 4 is 15.9 Å². The molecule has 0 radical (unpaired) electrons. The highest BCUT2D eigenvalue weighted by atomic mass is 79.9. The standard InChI is InChI=1S/C15H23BrN2/c1-12-6-5-7-14(15(12)16)10-17-13(2)11-18-8-3-4-9-18/h5-7,13,17H,3-4,8-11H2,1-2H3.